The van der Waals surface area contributed by atoms with E-state index in [9.17, 15) is 0 Å². The molecule has 1 aromatic rings. The van der Waals surface area contributed by atoms with E-state index in [0.29, 0.717) is 12.5 Å². The van der Waals surface area contributed by atoms with Crippen LogP contribution >= 0.6 is 0 Å². The SMILES string of the molecule is C[C@H]1OC[C@@H]([C@@H](C)c2ccccc2)O1. The molecule has 0 aromatic heterocycles. The highest BCUT2D eigenvalue weighted by Crippen LogP contribution is 2.26. The highest BCUT2D eigenvalue weighted by Gasteiger charge is 2.28. The van der Waals surface area contributed by atoms with E-state index in [4.69, 9.17) is 9.47 Å². The van der Waals surface area contributed by atoms with Gasteiger partial charge in [-0.1, -0.05) is 37.3 Å². The molecule has 0 N–H and O–H groups in total. The molecule has 2 rings (SSSR count). The van der Waals surface area contributed by atoms with Crippen molar-refractivity contribution in [3.05, 3.63) is 35.9 Å². The first-order chi connectivity index (χ1) is 6.77. The van der Waals surface area contributed by atoms with Gasteiger partial charge in [0.1, 0.15) is 0 Å². The molecule has 1 saturated heterocycles. The molecule has 0 amide bonds. The summed E-state index contributed by atoms with van der Waals surface area (Å²) in [6, 6.07) is 10.4. The normalized spacial score (nSPS) is 29.0. The molecule has 14 heavy (non-hydrogen) atoms. The first kappa shape index (κ1) is 9.69. The van der Waals surface area contributed by atoms with Gasteiger partial charge in [-0.2, -0.15) is 0 Å². The van der Waals surface area contributed by atoms with Crippen molar-refractivity contribution in [2.45, 2.75) is 32.2 Å². The maximum Gasteiger partial charge on any atom is 0.155 e. The molecule has 0 saturated carbocycles. The summed E-state index contributed by atoms with van der Waals surface area (Å²) in [7, 11) is 0. The lowest BCUT2D eigenvalue weighted by molar-refractivity contribution is -0.0455. The molecule has 0 radical (unpaired) electrons. The Hall–Kier alpha value is -0.860. The van der Waals surface area contributed by atoms with Crippen LogP contribution in [0.15, 0.2) is 30.3 Å². The van der Waals surface area contributed by atoms with Crippen LogP contribution in [0.5, 0.6) is 0 Å². The molecule has 0 unspecified atom stereocenters. The standard InChI is InChI=1S/C12H16O2/c1-9(11-6-4-3-5-7-11)12-8-13-10(2)14-12/h3-7,9-10,12H,8H2,1-2H3/t9-,10-,12-/m0/s1. The average Bonchev–Trinajstić information content (AvgIpc) is 2.65. The van der Waals surface area contributed by atoms with Crippen molar-refractivity contribution < 1.29 is 9.47 Å². The number of ether oxygens (including phenoxy) is 2. The van der Waals surface area contributed by atoms with E-state index in [0.717, 1.165) is 0 Å². The van der Waals surface area contributed by atoms with Gasteiger partial charge >= 0.3 is 0 Å². The van der Waals surface area contributed by atoms with Crippen molar-refractivity contribution in [2.75, 3.05) is 6.61 Å². The summed E-state index contributed by atoms with van der Waals surface area (Å²) in [4.78, 5) is 0. The Morgan fingerprint density at radius 1 is 1.29 bits per heavy atom. The zero-order chi connectivity index (χ0) is 9.97. The molecular weight excluding hydrogens is 176 g/mol. The molecule has 2 heteroatoms. The smallest absolute Gasteiger partial charge is 0.155 e. The Morgan fingerprint density at radius 2 is 2.00 bits per heavy atom. The van der Waals surface area contributed by atoms with Gasteiger partial charge in [-0.05, 0) is 12.5 Å². The second kappa shape index (κ2) is 4.11. The third kappa shape index (κ3) is 1.97. The van der Waals surface area contributed by atoms with Gasteiger partial charge < -0.3 is 9.47 Å². The molecule has 2 nitrogen and oxygen atoms in total. The monoisotopic (exact) mass is 192 g/mol. The van der Waals surface area contributed by atoms with E-state index in [1.165, 1.54) is 5.56 Å². The molecule has 1 aliphatic heterocycles. The van der Waals surface area contributed by atoms with Gasteiger partial charge in [0.2, 0.25) is 0 Å². The third-order valence-electron chi connectivity index (χ3n) is 2.74. The molecule has 0 aliphatic carbocycles. The Morgan fingerprint density at radius 3 is 2.57 bits per heavy atom. The predicted molar refractivity (Wildman–Crippen MR) is 55.1 cm³/mol. The lowest BCUT2D eigenvalue weighted by Gasteiger charge is -2.17. The lowest BCUT2D eigenvalue weighted by Crippen LogP contribution is -2.18. The molecule has 1 heterocycles. The number of benzene rings is 1. The summed E-state index contributed by atoms with van der Waals surface area (Å²) in [6.07, 6.45) is 0.151. The van der Waals surface area contributed by atoms with Crippen LogP contribution < -0.4 is 0 Å². The zero-order valence-electron chi connectivity index (χ0n) is 8.64. The fourth-order valence-corrected chi connectivity index (χ4v) is 1.79. The number of rotatable bonds is 2. The van der Waals surface area contributed by atoms with Crippen LogP contribution in [-0.4, -0.2) is 19.0 Å². The van der Waals surface area contributed by atoms with Crippen molar-refractivity contribution in [2.24, 2.45) is 0 Å². The molecule has 1 aromatic carbocycles. The molecular formula is C12H16O2. The van der Waals surface area contributed by atoms with E-state index < -0.39 is 0 Å². The summed E-state index contributed by atoms with van der Waals surface area (Å²) in [5, 5.41) is 0. The third-order valence-corrected chi connectivity index (χ3v) is 2.74. The number of hydrogen-bond donors (Lipinski definition) is 0. The molecule has 0 spiro atoms. The molecule has 1 aliphatic rings. The minimum absolute atomic E-state index is 0.0498. The van der Waals surface area contributed by atoms with Crippen LogP contribution in [0.1, 0.15) is 25.3 Å². The summed E-state index contributed by atoms with van der Waals surface area (Å²) < 4.78 is 11.0. The number of hydrogen-bond acceptors (Lipinski definition) is 2. The second-order valence-corrected chi connectivity index (χ2v) is 3.77. The Labute approximate surface area is 84.8 Å². The Balaban J connectivity index is 2.05. The van der Waals surface area contributed by atoms with Crippen molar-refractivity contribution in [3.8, 4) is 0 Å². The van der Waals surface area contributed by atoms with Crippen molar-refractivity contribution in [3.63, 3.8) is 0 Å². The lowest BCUT2D eigenvalue weighted by atomic mass is 9.96. The average molecular weight is 192 g/mol. The van der Waals surface area contributed by atoms with Crippen LogP contribution in [0, 0.1) is 0 Å². The van der Waals surface area contributed by atoms with Gasteiger partial charge in [0, 0.05) is 5.92 Å². The van der Waals surface area contributed by atoms with Crippen LogP contribution in [0.2, 0.25) is 0 Å². The minimum Gasteiger partial charge on any atom is -0.350 e. The highest BCUT2D eigenvalue weighted by atomic mass is 16.7. The fourth-order valence-electron chi connectivity index (χ4n) is 1.79. The van der Waals surface area contributed by atoms with Crippen molar-refractivity contribution in [1.29, 1.82) is 0 Å². The Kier molecular flexibility index (Phi) is 2.85. The molecule has 0 bridgehead atoms. The van der Waals surface area contributed by atoms with Gasteiger partial charge in [0.15, 0.2) is 6.29 Å². The Bertz CT molecular complexity index is 284. The van der Waals surface area contributed by atoms with E-state index in [-0.39, 0.29) is 12.4 Å². The largest absolute Gasteiger partial charge is 0.350 e. The van der Waals surface area contributed by atoms with Crippen LogP contribution in [0.4, 0.5) is 0 Å². The topological polar surface area (TPSA) is 18.5 Å². The van der Waals surface area contributed by atoms with Crippen LogP contribution in [0.25, 0.3) is 0 Å². The van der Waals surface area contributed by atoms with Crippen molar-refractivity contribution >= 4 is 0 Å². The maximum absolute atomic E-state index is 5.66. The first-order valence-corrected chi connectivity index (χ1v) is 5.09. The van der Waals surface area contributed by atoms with Gasteiger partial charge in [0.05, 0.1) is 12.7 Å². The van der Waals surface area contributed by atoms with Crippen LogP contribution in [-0.2, 0) is 9.47 Å². The fraction of sp³-hybridized carbons (Fsp3) is 0.500. The van der Waals surface area contributed by atoms with Gasteiger partial charge in [0.25, 0.3) is 0 Å². The van der Waals surface area contributed by atoms with E-state index in [2.05, 4.69) is 31.2 Å². The van der Waals surface area contributed by atoms with Gasteiger partial charge in [-0.25, -0.2) is 0 Å². The van der Waals surface area contributed by atoms with E-state index >= 15 is 0 Å². The van der Waals surface area contributed by atoms with E-state index in [1.807, 2.05) is 13.0 Å². The van der Waals surface area contributed by atoms with Gasteiger partial charge in [-0.3, -0.25) is 0 Å². The van der Waals surface area contributed by atoms with Crippen LogP contribution in [0.3, 0.4) is 0 Å². The summed E-state index contributed by atoms with van der Waals surface area (Å²) in [5.74, 6) is 0.404. The summed E-state index contributed by atoms with van der Waals surface area (Å²) in [6.45, 7) is 4.83. The minimum atomic E-state index is -0.0498. The second-order valence-electron chi connectivity index (χ2n) is 3.77. The van der Waals surface area contributed by atoms with E-state index in [1.54, 1.807) is 0 Å². The molecule has 76 valence electrons. The maximum atomic E-state index is 5.66. The highest BCUT2D eigenvalue weighted by molar-refractivity contribution is 5.20. The van der Waals surface area contributed by atoms with Gasteiger partial charge in [-0.15, -0.1) is 0 Å². The molecule has 3 atom stereocenters. The first-order valence-electron chi connectivity index (χ1n) is 5.09. The van der Waals surface area contributed by atoms with Crippen molar-refractivity contribution in [1.82, 2.24) is 0 Å². The zero-order valence-corrected chi connectivity index (χ0v) is 8.64. The predicted octanol–water partition coefficient (Wildman–Crippen LogP) is 2.55. The summed E-state index contributed by atoms with van der Waals surface area (Å²) in [5.41, 5.74) is 1.32. The molecule has 1 fully saturated rings. The summed E-state index contributed by atoms with van der Waals surface area (Å²) >= 11 is 0. The quantitative estimate of drug-likeness (QED) is 0.717.